The molecule has 2 aliphatic rings. The van der Waals surface area contributed by atoms with Crippen molar-refractivity contribution >= 4 is 17.6 Å². The van der Waals surface area contributed by atoms with E-state index in [9.17, 15) is 14.4 Å². The molecule has 23 heavy (non-hydrogen) atoms. The maximum atomic E-state index is 12.3. The first-order valence-corrected chi connectivity index (χ1v) is 9.18. The van der Waals surface area contributed by atoms with E-state index in [2.05, 4.69) is 6.92 Å². The van der Waals surface area contributed by atoms with Crippen molar-refractivity contribution < 1.29 is 14.4 Å². The highest BCUT2D eigenvalue weighted by atomic mass is 16.2. The molecule has 0 radical (unpaired) electrons. The number of Topliss-reactive ketones (excluding diaryl/α,β-unsaturated/α-hetero) is 1. The highest BCUT2D eigenvalue weighted by Gasteiger charge is 2.30. The SMILES string of the molecule is CCCCCCCC(=O)C1CCC(CN2C(=O)C=CC2=O)CC1. The number of amides is 2. The average molecular weight is 319 g/mol. The second kappa shape index (κ2) is 8.99. The molecule has 0 aromatic carbocycles. The van der Waals surface area contributed by atoms with Crippen LogP contribution in [-0.4, -0.2) is 29.0 Å². The molecule has 0 N–H and O–H groups in total. The van der Waals surface area contributed by atoms with E-state index in [1.165, 1.54) is 42.7 Å². The van der Waals surface area contributed by atoms with E-state index >= 15 is 0 Å². The molecule has 4 nitrogen and oxygen atoms in total. The highest BCUT2D eigenvalue weighted by Crippen LogP contribution is 2.31. The van der Waals surface area contributed by atoms with E-state index < -0.39 is 0 Å². The van der Waals surface area contributed by atoms with Crippen molar-refractivity contribution in [3.63, 3.8) is 0 Å². The number of carbonyl (C=O) groups is 3. The summed E-state index contributed by atoms with van der Waals surface area (Å²) in [6.45, 7) is 2.71. The molecule has 0 bridgehead atoms. The van der Waals surface area contributed by atoms with Crippen LogP contribution >= 0.6 is 0 Å². The molecule has 0 aromatic rings. The van der Waals surface area contributed by atoms with Crippen molar-refractivity contribution in [1.29, 1.82) is 0 Å². The molecular weight excluding hydrogens is 290 g/mol. The summed E-state index contributed by atoms with van der Waals surface area (Å²) in [4.78, 5) is 36.8. The first kappa shape index (κ1) is 17.9. The van der Waals surface area contributed by atoms with E-state index in [1.807, 2.05) is 0 Å². The Morgan fingerprint density at radius 2 is 1.61 bits per heavy atom. The number of hydrogen-bond acceptors (Lipinski definition) is 3. The Balaban J connectivity index is 1.64. The Morgan fingerprint density at radius 1 is 1.00 bits per heavy atom. The van der Waals surface area contributed by atoms with E-state index in [1.54, 1.807) is 0 Å². The van der Waals surface area contributed by atoms with Gasteiger partial charge in [0.25, 0.3) is 11.8 Å². The van der Waals surface area contributed by atoms with E-state index in [0.29, 0.717) is 18.2 Å². The van der Waals surface area contributed by atoms with Crippen molar-refractivity contribution in [3.8, 4) is 0 Å². The predicted octanol–water partition coefficient (Wildman–Crippen LogP) is 3.65. The molecule has 1 saturated carbocycles. The number of ketones is 1. The summed E-state index contributed by atoms with van der Waals surface area (Å²) >= 11 is 0. The van der Waals surface area contributed by atoms with Crippen molar-refractivity contribution in [2.45, 2.75) is 71.1 Å². The fourth-order valence-electron chi connectivity index (χ4n) is 3.64. The summed E-state index contributed by atoms with van der Waals surface area (Å²) < 4.78 is 0. The smallest absolute Gasteiger partial charge is 0.253 e. The lowest BCUT2D eigenvalue weighted by Gasteiger charge is -2.30. The third kappa shape index (κ3) is 5.29. The topological polar surface area (TPSA) is 54.5 Å². The van der Waals surface area contributed by atoms with Gasteiger partial charge in [-0.2, -0.15) is 0 Å². The zero-order valence-corrected chi connectivity index (χ0v) is 14.3. The fourth-order valence-corrected chi connectivity index (χ4v) is 3.64. The van der Waals surface area contributed by atoms with Gasteiger partial charge < -0.3 is 0 Å². The van der Waals surface area contributed by atoms with Crippen LogP contribution in [0.15, 0.2) is 12.2 Å². The molecule has 0 spiro atoms. The molecule has 0 saturated heterocycles. The minimum Gasteiger partial charge on any atom is -0.299 e. The molecule has 1 heterocycles. The molecule has 4 heteroatoms. The molecule has 0 aromatic heterocycles. The Kier molecular flexibility index (Phi) is 7.00. The summed E-state index contributed by atoms with van der Waals surface area (Å²) in [6.07, 6.45) is 13.1. The molecule has 0 unspecified atom stereocenters. The molecule has 1 aliphatic carbocycles. The van der Waals surface area contributed by atoms with Gasteiger partial charge in [-0.25, -0.2) is 0 Å². The van der Waals surface area contributed by atoms with Gasteiger partial charge in [0.15, 0.2) is 0 Å². The summed E-state index contributed by atoms with van der Waals surface area (Å²) in [5.74, 6) is 0.604. The quantitative estimate of drug-likeness (QED) is 0.481. The zero-order valence-electron chi connectivity index (χ0n) is 14.3. The summed E-state index contributed by atoms with van der Waals surface area (Å²) in [7, 11) is 0. The van der Waals surface area contributed by atoms with Crippen molar-refractivity contribution in [1.82, 2.24) is 4.90 Å². The second-order valence-electron chi connectivity index (χ2n) is 6.97. The third-order valence-electron chi connectivity index (χ3n) is 5.17. The van der Waals surface area contributed by atoms with Gasteiger partial charge in [0, 0.05) is 31.0 Å². The lowest BCUT2D eigenvalue weighted by atomic mass is 9.79. The number of carbonyl (C=O) groups excluding carboxylic acids is 3. The van der Waals surface area contributed by atoms with Gasteiger partial charge in [-0.05, 0) is 38.0 Å². The van der Waals surface area contributed by atoms with Crippen LogP contribution in [0.4, 0.5) is 0 Å². The second-order valence-corrected chi connectivity index (χ2v) is 6.97. The first-order valence-electron chi connectivity index (χ1n) is 9.18. The molecule has 2 rings (SSSR count). The van der Waals surface area contributed by atoms with Crippen LogP contribution in [0.25, 0.3) is 0 Å². The zero-order chi connectivity index (χ0) is 16.7. The van der Waals surface area contributed by atoms with Crippen molar-refractivity contribution in [2.24, 2.45) is 11.8 Å². The molecule has 128 valence electrons. The number of imide groups is 1. The maximum Gasteiger partial charge on any atom is 0.253 e. The number of nitrogens with zero attached hydrogens (tertiary/aromatic N) is 1. The molecule has 1 aliphatic heterocycles. The van der Waals surface area contributed by atoms with Crippen molar-refractivity contribution in [2.75, 3.05) is 6.54 Å². The maximum absolute atomic E-state index is 12.3. The van der Waals surface area contributed by atoms with Crippen LogP contribution < -0.4 is 0 Å². The van der Waals surface area contributed by atoms with Crippen LogP contribution in [0.2, 0.25) is 0 Å². The van der Waals surface area contributed by atoms with Gasteiger partial charge in [0.2, 0.25) is 0 Å². The van der Waals surface area contributed by atoms with Crippen LogP contribution in [0.5, 0.6) is 0 Å². The van der Waals surface area contributed by atoms with Gasteiger partial charge in [0.05, 0.1) is 0 Å². The third-order valence-corrected chi connectivity index (χ3v) is 5.17. The van der Waals surface area contributed by atoms with Crippen LogP contribution in [0.1, 0.15) is 71.1 Å². The average Bonchev–Trinajstić information content (AvgIpc) is 2.87. The molecule has 0 atom stereocenters. The van der Waals surface area contributed by atoms with Gasteiger partial charge in [-0.1, -0.05) is 32.6 Å². The summed E-state index contributed by atoms with van der Waals surface area (Å²) in [6, 6.07) is 0. The molecule has 1 fully saturated rings. The van der Waals surface area contributed by atoms with Crippen LogP contribution in [0.3, 0.4) is 0 Å². The summed E-state index contributed by atoms with van der Waals surface area (Å²) in [5.41, 5.74) is 0. The Labute approximate surface area is 139 Å². The highest BCUT2D eigenvalue weighted by molar-refractivity contribution is 6.12. The minimum atomic E-state index is -0.194. The fraction of sp³-hybridized carbons (Fsp3) is 0.737. The largest absolute Gasteiger partial charge is 0.299 e. The normalized spacial score (nSPS) is 24.5. The molecular formula is C19H29NO3. The van der Waals surface area contributed by atoms with E-state index in [-0.39, 0.29) is 17.7 Å². The summed E-state index contributed by atoms with van der Waals surface area (Å²) in [5, 5.41) is 0. The lowest BCUT2D eigenvalue weighted by Crippen LogP contribution is -2.36. The van der Waals surface area contributed by atoms with Gasteiger partial charge in [0.1, 0.15) is 5.78 Å². The van der Waals surface area contributed by atoms with Crippen molar-refractivity contribution in [3.05, 3.63) is 12.2 Å². The van der Waals surface area contributed by atoms with Gasteiger partial charge >= 0.3 is 0 Å². The predicted molar refractivity (Wildman–Crippen MR) is 89.7 cm³/mol. The lowest BCUT2D eigenvalue weighted by molar-refractivity contribution is -0.138. The number of unbranched alkanes of at least 4 members (excludes halogenated alkanes) is 4. The van der Waals surface area contributed by atoms with Crippen LogP contribution in [-0.2, 0) is 14.4 Å². The number of rotatable bonds is 9. The Bertz CT molecular complexity index is 443. The minimum absolute atomic E-state index is 0.194. The van der Waals surface area contributed by atoms with E-state index in [4.69, 9.17) is 0 Å². The Morgan fingerprint density at radius 3 is 2.22 bits per heavy atom. The van der Waals surface area contributed by atoms with E-state index in [0.717, 1.165) is 38.5 Å². The Hall–Kier alpha value is -1.45. The number of hydrogen-bond donors (Lipinski definition) is 0. The first-order chi connectivity index (χ1) is 11.1. The molecule has 2 amide bonds. The standard InChI is InChI=1S/C19H29NO3/c1-2-3-4-5-6-7-17(21)16-10-8-15(9-11-16)14-20-18(22)12-13-19(20)23/h12-13,15-16H,2-11,14H2,1H3. The van der Waals surface area contributed by atoms with Gasteiger partial charge in [-0.3, -0.25) is 19.3 Å². The monoisotopic (exact) mass is 319 g/mol. The van der Waals surface area contributed by atoms with Gasteiger partial charge in [-0.15, -0.1) is 0 Å². The van der Waals surface area contributed by atoms with Crippen LogP contribution in [0, 0.1) is 11.8 Å².